The van der Waals surface area contributed by atoms with Gasteiger partial charge in [0.05, 0.1) is 5.60 Å². The number of anilines is 1. The summed E-state index contributed by atoms with van der Waals surface area (Å²) in [5.74, 6) is 0.349. The number of carbonyl (C=O) groups excluding carboxylic acids is 1. The predicted octanol–water partition coefficient (Wildman–Crippen LogP) is 2.13. The van der Waals surface area contributed by atoms with E-state index >= 15 is 0 Å². The minimum Gasteiger partial charge on any atom is -0.363 e. The lowest BCUT2D eigenvalue weighted by Crippen LogP contribution is -2.59. The first-order valence-corrected chi connectivity index (χ1v) is 6.73. The van der Waals surface area contributed by atoms with Gasteiger partial charge in [0.25, 0.3) is 0 Å². The van der Waals surface area contributed by atoms with E-state index in [1.807, 2.05) is 25.1 Å². The molecule has 0 atom stereocenters. The third kappa shape index (κ3) is 3.78. The van der Waals surface area contributed by atoms with E-state index in [-0.39, 0.29) is 18.1 Å². The first-order valence-electron chi connectivity index (χ1n) is 6.73. The van der Waals surface area contributed by atoms with E-state index in [1.165, 1.54) is 5.56 Å². The zero-order valence-electron chi connectivity index (χ0n) is 11.8. The second kappa shape index (κ2) is 5.72. The molecule has 1 aromatic rings. The van der Waals surface area contributed by atoms with E-state index in [9.17, 15) is 4.79 Å². The average molecular weight is 262 g/mol. The molecule has 1 aliphatic rings. The van der Waals surface area contributed by atoms with Crippen molar-refractivity contribution in [3.63, 3.8) is 0 Å². The summed E-state index contributed by atoms with van der Waals surface area (Å²) in [5.41, 5.74) is 1.86. The zero-order chi connectivity index (χ0) is 13.9. The Balaban J connectivity index is 1.86. The van der Waals surface area contributed by atoms with E-state index in [0.717, 1.165) is 18.8 Å². The van der Waals surface area contributed by atoms with Gasteiger partial charge < -0.3 is 15.4 Å². The highest BCUT2D eigenvalue weighted by atomic mass is 16.5. The fourth-order valence-corrected chi connectivity index (χ4v) is 1.99. The first kappa shape index (κ1) is 14.0. The fourth-order valence-electron chi connectivity index (χ4n) is 1.99. The number of rotatable bonds is 5. The molecule has 104 valence electrons. The van der Waals surface area contributed by atoms with Crippen LogP contribution in [0.25, 0.3) is 0 Å². The molecular formula is C15H22N2O2. The molecule has 0 radical (unpaired) electrons. The van der Waals surface area contributed by atoms with E-state index in [2.05, 4.69) is 30.5 Å². The molecule has 2 N–H and O–H groups in total. The molecule has 19 heavy (non-hydrogen) atoms. The summed E-state index contributed by atoms with van der Waals surface area (Å²) in [5, 5.41) is 6.01. The molecular weight excluding hydrogens is 240 g/mol. The monoisotopic (exact) mass is 262 g/mol. The van der Waals surface area contributed by atoms with Crippen molar-refractivity contribution >= 4 is 11.6 Å². The molecule has 0 aromatic heterocycles. The Hall–Kier alpha value is -1.39. The smallest absolute Gasteiger partial charge is 0.250 e. The maximum absolute atomic E-state index is 11.8. The second-order valence-electron chi connectivity index (χ2n) is 5.67. The quantitative estimate of drug-likeness (QED) is 0.854. The van der Waals surface area contributed by atoms with Gasteiger partial charge in [0.1, 0.15) is 6.61 Å². The van der Waals surface area contributed by atoms with Crippen molar-refractivity contribution in [1.82, 2.24) is 5.32 Å². The number of benzene rings is 1. The summed E-state index contributed by atoms with van der Waals surface area (Å²) < 4.78 is 5.60. The van der Waals surface area contributed by atoms with Gasteiger partial charge in [0, 0.05) is 18.8 Å². The van der Waals surface area contributed by atoms with E-state index in [0.29, 0.717) is 5.92 Å². The van der Waals surface area contributed by atoms with Crippen molar-refractivity contribution in [2.24, 2.45) is 0 Å². The van der Waals surface area contributed by atoms with Crippen molar-refractivity contribution in [2.75, 3.05) is 25.0 Å². The highest BCUT2D eigenvalue weighted by molar-refractivity contribution is 5.91. The largest absolute Gasteiger partial charge is 0.363 e. The molecule has 1 saturated heterocycles. The van der Waals surface area contributed by atoms with Crippen LogP contribution in [0.15, 0.2) is 24.3 Å². The molecule has 1 aliphatic heterocycles. The second-order valence-corrected chi connectivity index (χ2v) is 5.67. The summed E-state index contributed by atoms with van der Waals surface area (Å²) in [6, 6.07) is 7.94. The Morgan fingerprint density at radius 1 is 1.47 bits per heavy atom. The molecule has 0 aliphatic carbocycles. The molecule has 0 bridgehead atoms. The number of carbonyl (C=O) groups is 1. The molecule has 1 heterocycles. The molecule has 1 amide bonds. The van der Waals surface area contributed by atoms with Crippen LogP contribution >= 0.6 is 0 Å². The zero-order valence-corrected chi connectivity index (χ0v) is 11.8. The summed E-state index contributed by atoms with van der Waals surface area (Å²) >= 11 is 0. The SMILES string of the molecule is CC(C)c1cccc(NC(=O)COC2(C)CNC2)c1. The van der Waals surface area contributed by atoms with Gasteiger partial charge in [-0.15, -0.1) is 0 Å². The van der Waals surface area contributed by atoms with Crippen molar-refractivity contribution < 1.29 is 9.53 Å². The topological polar surface area (TPSA) is 50.4 Å². The third-order valence-electron chi connectivity index (χ3n) is 3.39. The van der Waals surface area contributed by atoms with Gasteiger partial charge >= 0.3 is 0 Å². The number of nitrogens with one attached hydrogen (secondary N) is 2. The average Bonchev–Trinajstić information content (AvgIpc) is 2.34. The summed E-state index contributed by atoms with van der Waals surface area (Å²) in [6.45, 7) is 8.00. The Kier molecular flexibility index (Phi) is 4.22. The van der Waals surface area contributed by atoms with Crippen molar-refractivity contribution in [2.45, 2.75) is 32.3 Å². The lowest BCUT2D eigenvalue weighted by atomic mass is 10.0. The standard InChI is InChI=1S/C15H22N2O2/c1-11(2)12-5-4-6-13(7-12)17-14(18)8-19-15(3)9-16-10-15/h4-7,11,16H,8-10H2,1-3H3,(H,17,18). The van der Waals surface area contributed by atoms with Crippen LogP contribution in [0.4, 0.5) is 5.69 Å². The maximum atomic E-state index is 11.8. The van der Waals surface area contributed by atoms with Gasteiger partial charge in [-0.05, 0) is 30.5 Å². The highest BCUT2D eigenvalue weighted by Crippen LogP contribution is 2.19. The van der Waals surface area contributed by atoms with Gasteiger partial charge in [-0.3, -0.25) is 4.79 Å². The lowest BCUT2D eigenvalue weighted by Gasteiger charge is -2.38. The molecule has 0 spiro atoms. The van der Waals surface area contributed by atoms with Gasteiger partial charge in [0.2, 0.25) is 5.91 Å². The molecule has 1 fully saturated rings. The molecule has 0 saturated carbocycles. The van der Waals surface area contributed by atoms with Gasteiger partial charge in [-0.2, -0.15) is 0 Å². The summed E-state index contributed by atoms with van der Waals surface area (Å²) in [6.07, 6.45) is 0. The van der Waals surface area contributed by atoms with Crippen LogP contribution in [-0.2, 0) is 9.53 Å². The van der Waals surface area contributed by atoms with Crippen LogP contribution in [0, 0.1) is 0 Å². The number of hydrogen-bond acceptors (Lipinski definition) is 3. The Morgan fingerprint density at radius 2 is 2.21 bits per heavy atom. The van der Waals surface area contributed by atoms with Crippen LogP contribution in [0.1, 0.15) is 32.3 Å². The van der Waals surface area contributed by atoms with E-state index in [1.54, 1.807) is 0 Å². The van der Waals surface area contributed by atoms with Crippen LogP contribution in [-0.4, -0.2) is 31.2 Å². The van der Waals surface area contributed by atoms with Crippen molar-refractivity contribution in [3.05, 3.63) is 29.8 Å². The van der Waals surface area contributed by atoms with E-state index < -0.39 is 0 Å². The molecule has 4 nitrogen and oxygen atoms in total. The van der Waals surface area contributed by atoms with Crippen LogP contribution in [0.5, 0.6) is 0 Å². The predicted molar refractivity (Wildman–Crippen MR) is 76.4 cm³/mol. The lowest BCUT2D eigenvalue weighted by molar-refractivity contribution is -0.130. The van der Waals surface area contributed by atoms with Gasteiger partial charge in [-0.1, -0.05) is 26.0 Å². The van der Waals surface area contributed by atoms with Crippen molar-refractivity contribution in [1.29, 1.82) is 0 Å². The fraction of sp³-hybridized carbons (Fsp3) is 0.533. The number of hydrogen-bond donors (Lipinski definition) is 2. The van der Waals surface area contributed by atoms with Crippen LogP contribution < -0.4 is 10.6 Å². The summed E-state index contributed by atoms with van der Waals surface area (Å²) in [7, 11) is 0. The minimum atomic E-state index is -0.183. The number of amides is 1. The molecule has 0 unspecified atom stereocenters. The summed E-state index contributed by atoms with van der Waals surface area (Å²) in [4.78, 5) is 11.8. The Morgan fingerprint density at radius 3 is 2.79 bits per heavy atom. The minimum absolute atomic E-state index is 0.101. The Bertz CT molecular complexity index is 453. The van der Waals surface area contributed by atoms with Gasteiger partial charge in [-0.25, -0.2) is 0 Å². The van der Waals surface area contributed by atoms with Crippen molar-refractivity contribution in [3.8, 4) is 0 Å². The van der Waals surface area contributed by atoms with Crippen LogP contribution in [0.2, 0.25) is 0 Å². The molecule has 1 aromatic carbocycles. The normalized spacial score (nSPS) is 17.1. The third-order valence-corrected chi connectivity index (χ3v) is 3.39. The van der Waals surface area contributed by atoms with Gasteiger partial charge in [0.15, 0.2) is 0 Å². The first-order chi connectivity index (χ1) is 8.98. The highest BCUT2D eigenvalue weighted by Gasteiger charge is 2.32. The van der Waals surface area contributed by atoms with E-state index in [4.69, 9.17) is 4.74 Å². The molecule has 4 heteroatoms. The van der Waals surface area contributed by atoms with Crippen LogP contribution in [0.3, 0.4) is 0 Å². The Labute approximate surface area is 114 Å². The number of ether oxygens (including phenoxy) is 1. The maximum Gasteiger partial charge on any atom is 0.250 e. The molecule has 2 rings (SSSR count).